The number of hydrogen-bond donors (Lipinski definition) is 3. The van der Waals surface area contributed by atoms with Crippen molar-refractivity contribution in [2.75, 3.05) is 77.1 Å². The third-order valence-electron chi connectivity index (χ3n) is 9.19. The molecule has 19 heteroatoms. The number of amides is 3. The van der Waals surface area contributed by atoms with Gasteiger partial charge >= 0.3 is 18.0 Å². The van der Waals surface area contributed by atoms with Crippen LogP contribution in [0.25, 0.3) is 11.4 Å². The smallest absolute Gasteiger partial charge is 0.409 e. The van der Waals surface area contributed by atoms with E-state index in [2.05, 4.69) is 20.5 Å². The van der Waals surface area contributed by atoms with Crippen molar-refractivity contribution in [1.29, 1.82) is 0 Å². The Morgan fingerprint density at radius 1 is 0.864 bits per heavy atom. The Bertz CT molecular complexity index is 1780. The normalized spacial score (nSPS) is 16.7. The highest BCUT2D eigenvalue weighted by atomic mass is 31.2. The zero-order chi connectivity index (χ0) is 43.4. The van der Waals surface area contributed by atoms with Gasteiger partial charge in [0.15, 0.2) is 5.82 Å². The first-order chi connectivity index (χ1) is 27.8. The van der Waals surface area contributed by atoms with Gasteiger partial charge in [-0.1, -0.05) is 43.7 Å². The first-order valence-electron chi connectivity index (χ1n) is 20.0. The number of benzene rings is 1. The minimum atomic E-state index is -4.11. The quantitative estimate of drug-likeness (QED) is 0.0899. The highest BCUT2D eigenvalue weighted by Crippen LogP contribution is 2.37. The lowest BCUT2D eigenvalue weighted by molar-refractivity contribution is -0.154. The molecule has 1 aromatic carbocycles. The lowest BCUT2D eigenvalue weighted by atomic mass is 10.2. The molecule has 0 bridgehead atoms. The van der Waals surface area contributed by atoms with Gasteiger partial charge in [0, 0.05) is 58.0 Å². The third-order valence-corrected chi connectivity index (χ3v) is 11.4. The van der Waals surface area contributed by atoms with E-state index >= 15 is 0 Å². The van der Waals surface area contributed by atoms with Crippen LogP contribution >= 0.6 is 7.44 Å². The Kier molecular flexibility index (Phi) is 16.8. The fourth-order valence-corrected chi connectivity index (χ4v) is 8.18. The maximum atomic E-state index is 14.8. The number of rotatable bonds is 17. The monoisotopic (exact) mass is 844 g/mol. The van der Waals surface area contributed by atoms with Crippen LogP contribution in [0.4, 0.5) is 10.6 Å². The van der Waals surface area contributed by atoms with E-state index < -0.39 is 73.8 Å². The van der Waals surface area contributed by atoms with Crippen molar-refractivity contribution < 1.29 is 47.5 Å². The Balaban J connectivity index is 1.67. The summed E-state index contributed by atoms with van der Waals surface area (Å²) in [5, 5.41) is 8.16. The van der Waals surface area contributed by atoms with Crippen LogP contribution in [0.15, 0.2) is 36.4 Å². The summed E-state index contributed by atoms with van der Waals surface area (Å²) in [6.45, 7) is 13.0. The lowest BCUT2D eigenvalue weighted by Crippen LogP contribution is -2.57. The van der Waals surface area contributed by atoms with Gasteiger partial charge in [0.05, 0.1) is 18.9 Å². The summed E-state index contributed by atoms with van der Waals surface area (Å²) >= 11 is 0. The van der Waals surface area contributed by atoms with E-state index in [1.165, 1.54) is 15.9 Å². The van der Waals surface area contributed by atoms with Gasteiger partial charge in [-0.3, -0.25) is 23.7 Å². The molecule has 2 aromatic rings. The molecule has 326 valence electrons. The number of nitrogens with one attached hydrogen (secondary N) is 3. The standard InChI is InChI=1S/C40H61N8O10P/c1-9-10-22-56-38(53)47-20-18-46(19-21-47)37(52)31(27-59(54,41-24-33(49)57-39(2,3)4)42-25-34(50)58-40(5,6)7)44-36(51)30-23-32(48-17-16-29(26-48)55-8)45-35(43-30)28-14-12-11-13-15-28/h11-15,23,29,31H,9-10,16-22,24-27H2,1-8H3,(H,44,51)(H2,41,42,54)/t29-,31-/m0/s1. The molecule has 2 fully saturated rings. The van der Waals surface area contributed by atoms with Crippen LogP contribution in [0.2, 0.25) is 0 Å². The molecule has 18 nitrogen and oxygen atoms in total. The largest absolute Gasteiger partial charge is 0.459 e. The van der Waals surface area contributed by atoms with E-state index in [1.807, 2.05) is 42.2 Å². The number of nitrogens with zero attached hydrogens (tertiary/aromatic N) is 5. The van der Waals surface area contributed by atoms with Gasteiger partial charge in [-0.05, 0) is 54.4 Å². The second kappa shape index (κ2) is 21.1. The van der Waals surface area contributed by atoms with Crippen LogP contribution in [0, 0.1) is 0 Å². The van der Waals surface area contributed by atoms with E-state index in [9.17, 15) is 28.5 Å². The molecule has 3 heterocycles. The summed E-state index contributed by atoms with van der Waals surface area (Å²) in [4.78, 5) is 81.5. The Morgan fingerprint density at radius 2 is 1.46 bits per heavy atom. The summed E-state index contributed by atoms with van der Waals surface area (Å²) in [6, 6.07) is 9.19. The number of anilines is 1. The summed E-state index contributed by atoms with van der Waals surface area (Å²) in [7, 11) is -2.47. The van der Waals surface area contributed by atoms with Gasteiger partial charge < -0.3 is 39.0 Å². The first-order valence-corrected chi connectivity index (χ1v) is 21.9. The molecule has 2 atom stereocenters. The molecular weight excluding hydrogens is 783 g/mol. The van der Waals surface area contributed by atoms with Crippen LogP contribution < -0.4 is 20.4 Å². The Hall–Kier alpha value is -4.64. The van der Waals surface area contributed by atoms with E-state index in [4.69, 9.17) is 23.9 Å². The van der Waals surface area contributed by atoms with E-state index in [0.717, 1.165) is 19.3 Å². The summed E-state index contributed by atoms with van der Waals surface area (Å²) in [5.41, 5.74) is -1.09. The fourth-order valence-electron chi connectivity index (χ4n) is 6.28. The molecule has 59 heavy (non-hydrogen) atoms. The fraction of sp³-hybridized carbons (Fsp3) is 0.625. The maximum absolute atomic E-state index is 14.8. The second-order valence-corrected chi connectivity index (χ2v) is 18.9. The molecule has 0 spiro atoms. The Morgan fingerprint density at radius 3 is 2.00 bits per heavy atom. The molecule has 2 aliphatic rings. The average molecular weight is 845 g/mol. The average Bonchev–Trinajstić information content (AvgIpc) is 3.68. The number of carbonyl (C=O) groups excluding carboxylic acids is 5. The highest BCUT2D eigenvalue weighted by molar-refractivity contribution is 7.60. The van der Waals surface area contributed by atoms with Crippen molar-refractivity contribution in [2.24, 2.45) is 0 Å². The van der Waals surface area contributed by atoms with Crippen LogP contribution in [-0.4, -0.2) is 145 Å². The van der Waals surface area contributed by atoms with Crippen LogP contribution in [-0.2, 0) is 37.9 Å². The molecule has 1 aromatic heterocycles. The van der Waals surface area contributed by atoms with Crippen molar-refractivity contribution >= 4 is 43.1 Å². The maximum Gasteiger partial charge on any atom is 0.409 e. The number of methoxy groups -OCH3 is 1. The third kappa shape index (κ3) is 15.2. The zero-order valence-electron chi connectivity index (χ0n) is 35.6. The first kappa shape index (κ1) is 47.0. The van der Waals surface area contributed by atoms with Gasteiger partial charge in [-0.25, -0.2) is 24.9 Å². The number of esters is 2. The van der Waals surface area contributed by atoms with Crippen molar-refractivity contribution in [3.8, 4) is 11.4 Å². The summed E-state index contributed by atoms with van der Waals surface area (Å²) in [5.74, 6) is -2.05. The van der Waals surface area contributed by atoms with Crippen molar-refractivity contribution in [2.45, 2.75) is 91.1 Å². The number of ether oxygens (including phenoxy) is 4. The van der Waals surface area contributed by atoms with Crippen LogP contribution in [0.5, 0.6) is 0 Å². The van der Waals surface area contributed by atoms with Crippen LogP contribution in [0.1, 0.15) is 78.2 Å². The molecule has 3 N–H and O–H groups in total. The summed E-state index contributed by atoms with van der Waals surface area (Å²) < 4.78 is 36.5. The Labute approximate surface area is 346 Å². The van der Waals surface area contributed by atoms with Crippen LogP contribution in [0.3, 0.4) is 0 Å². The van der Waals surface area contributed by atoms with Gasteiger partial charge in [-0.2, -0.15) is 0 Å². The predicted molar refractivity (Wildman–Crippen MR) is 221 cm³/mol. The molecule has 2 aliphatic heterocycles. The van der Waals surface area contributed by atoms with E-state index in [-0.39, 0.29) is 50.4 Å². The number of hydrogen-bond acceptors (Lipinski definition) is 13. The summed E-state index contributed by atoms with van der Waals surface area (Å²) in [6.07, 6.45) is 1.25. The molecule has 4 rings (SSSR count). The molecular formula is C40H61N8O10P. The van der Waals surface area contributed by atoms with Gasteiger partial charge in [0.2, 0.25) is 13.4 Å². The number of carbonyl (C=O) groups is 5. The molecule has 2 saturated heterocycles. The molecule has 3 amide bonds. The molecule has 0 unspecified atom stereocenters. The predicted octanol–water partition coefficient (Wildman–Crippen LogP) is 3.60. The van der Waals surface area contributed by atoms with Crippen molar-refractivity contribution in [3.63, 3.8) is 0 Å². The molecule has 0 saturated carbocycles. The van der Waals surface area contributed by atoms with E-state index in [1.54, 1.807) is 48.7 Å². The van der Waals surface area contributed by atoms with Gasteiger partial charge in [0.25, 0.3) is 5.91 Å². The van der Waals surface area contributed by atoms with E-state index in [0.29, 0.717) is 24.5 Å². The zero-order valence-corrected chi connectivity index (χ0v) is 36.5. The number of aromatic nitrogens is 2. The number of piperazine rings is 1. The minimum absolute atomic E-state index is 0.0291. The minimum Gasteiger partial charge on any atom is -0.459 e. The van der Waals surface area contributed by atoms with Gasteiger partial charge in [-0.15, -0.1) is 0 Å². The topological polar surface area (TPSA) is 211 Å². The second-order valence-electron chi connectivity index (χ2n) is 16.5. The molecule has 0 aliphatic carbocycles. The van der Waals surface area contributed by atoms with Gasteiger partial charge in [0.1, 0.15) is 41.8 Å². The molecule has 0 radical (unpaired) electrons. The lowest BCUT2D eigenvalue weighted by Gasteiger charge is -2.36. The van der Waals surface area contributed by atoms with Crippen molar-refractivity contribution in [3.05, 3.63) is 42.1 Å². The van der Waals surface area contributed by atoms with Crippen molar-refractivity contribution in [1.82, 2.24) is 35.3 Å². The highest BCUT2D eigenvalue weighted by Gasteiger charge is 2.38. The SMILES string of the molecule is CCCCOC(=O)N1CCN(C(=O)[C@H](CP(=O)(NCC(=O)OC(C)(C)C)NCC(=O)OC(C)(C)C)NC(=O)c2cc(N3CC[C@H](OC)C3)nc(-c3ccccc3)n2)CC1. The number of unbranched alkanes of at least 4 members (excludes halogenated alkanes) is 1.